The second kappa shape index (κ2) is 8.69. The van der Waals surface area contributed by atoms with Gasteiger partial charge in [-0.1, -0.05) is 48.8 Å². The van der Waals surface area contributed by atoms with Gasteiger partial charge in [0, 0.05) is 6.08 Å². The molecule has 0 aromatic rings. The smallest absolute Gasteiger partial charge is 0.172 e. The zero-order valence-corrected chi connectivity index (χ0v) is 20.4. The third-order valence-corrected chi connectivity index (χ3v) is 7.40. The van der Waals surface area contributed by atoms with Crippen LogP contribution in [0.3, 0.4) is 0 Å². The van der Waals surface area contributed by atoms with Crippen LogP contribution in [0.1, 0.15) is 81.1 Å². The number of rotatable bonds is 7. The molecule has 2 rings (SSSR count). The van der Waals surface area contributed by atoms with E-state index < -0.39 is 10.8 Å². The maximum atomic E-state index is 14.3. The minimum atomic E-state index is -0.996. The van der Waals surface area contributed by atoms with Crippen molar-refractivity contribution in [2.24, 2.45) is 22.2 Å². The summed E-state index contributed by atoms with van der Waals surface area (Å²) in [6.07, 6.45) is 10.6. The molecule has 3 atom stereocenters. The summed E-state index contributed by atoms with van der Waals surface area (Å²) < 4.78 is 5.79. The largest absolute Gasteiger partial charge is 0.500 e. The van der Waals surface area contributed by atoms with Crippen molar-refractivity contribution < 1.29 is 14.3 Å². The van der Waals surface area contributed by atoms with Crippen molar-refractivity contribution in [3.8, 4) is 0 Å². The van der Waals surface area contributed by atoms with Crippen LogP contribution in [0.5, 0.6) is 0 Å². The molecule has 3 heteroatoms. The summed E-state index contributed by atoms with van der Waals surface area (Å²) in [5.41, 5.74) is 1.39. The molecule has 0 aliphatic heterocycles. The highest BCUT2D eigenvalue weighted by Gasteiger charge is 2.69. The number of hydrogen-bond acceptors (Lipinski definition) is 3. The van der Waals surface area contributed by atoms with E-state index in [0.29, 0.717) is 25.0 Å². The van der Waals surface area contributed by atoms with E-state index in [9.17, 15) is 9.59 Å². The Hall–Kier alpha value is -1.90. The van der Waals surface area contributed by atoms with Gasteiger partial charge in [0.15, 0.2) is 11.6 Å². The van der Waals surface area contributed by atoms with Gasteiger partial charge in [-0.3, -0.25) is 9.59 Å². The van der Waals surface area contributed by atoms with E-state index in [2.05, 4.69) is 59.8 Å². The molecule has 1 fully saturated rings. The van der Waals surface area contributed by atoms with E-state index in [0.717, 1.165) is 12.0 Å². The van der Waals surface area contributed by atoms with Crippen molar-refractivity contribution in [1.29, 1.82) is 0 Å². The molecule has 0 heterocycles. The zero-order chi connectivity index (χ0) is 22.9. The molecule has 0 aromatic carbocycles. The van der Waals surface area contributed by atoms with Crippen molar-refractivity contribution in [2.45, 2.75) is 81.1 Å². The molecule has 166 valence electrons. The highest BCUT2D eigenvalue weighted by atomic mass is 16.5. The molecule has 2 bridgehead atoms. The van der Waals surface area contributed by atoms with E-state index in [1.165, 1.54) is 11.1 Å². The second-order valence-corrected chi connectivity index (χ2v) is 10.5. The predicted molar refractivity (Wildman–Crippen MR) is 124 cm³/mol. The van der Waals surface area contributed by atoms with Crippen LogP contribution >= 0.6 is 0 Å². The minimum absolute atomic E-state index is 0.0489. The van der Waals surface area contributed by atoms with E-state index in [1.807, 2.05) is 13.8 Å². The average Bonchev–Trinajstić information content (AvgIpc) is 2.64. The molecule has 0 spiro atoms. The van der Waals surface area contributed by atoms with E-state index >= 15 is 0 Å². The quantitative estimate of drug-likeness (QED) is 0.343. The van der Waals surface area contributed by atoms with Crippen molar-refractivity contribution in [3.63, 3.8) is 0 Å². The fourth-order valence-corrected chi connectivity index (χ4v) is 5.30. The highest BCUT2D eigenvalue weighted by molar-refractivity contribution is 6.18. The molecule has 3 nitrogen and oxygen atoms in total. The Morgan fingerprint density at radius 1 is 0.967 bits per heavy atom. The average molecular weight is 413 g/mol. The fraction of sp³-hybridized carbons (Fsp3) is 0.630. The summed E-state index contributed by atoms with van der Waals surface area (Å²) in [7, 11) is 1.59. The third kappa shape index (κ3) is 3.88. The molecule has 30 heavy (non-hydrogen) atoms. The first kappa shape index (κ1) is 24.4. The number of hydrogen-bond donors (Lipinski definition) is 0. The lowest BCUT2D eigenvalue weighted by Crippen LogP contribution is -2.65. The van der Waals surface area contributed by atoms with E-state index in [-0.39, 0.29) is 22.9 Å². The lowest BCUT2D eigenvalue weighted by Gasteiger charge is -2.60. The Kier molecular flexibility index (Phi) is 7.06. The topological polar surface area (TPSA) is 43.4 Å². The zero-order valence-electron chi connectivity index (χ0n) is 20.4. The molecular weight excluding hydrogens is 372 g/mol. The summed E-state index contributed by atoms with van der Waals surface area (Å²) >= 11 is 0. The summed E-state index contributed by atoms with van der Waals surface area (Å²) in [5.74, 6) is 0.693. The van der Waals surface area contributed by atoms with Gasteiger partial charge in [0.1, 0.15) is 5.76 Å². The van der Waals surface area contributed by atoms with Gasteiger partial charge in [-0.15, -0.1) is 0 Å². The molecule has 2 aliphatic rings. The Morgan fingerprint density at radius 3 is 2.00 bits per heavy atom. The third-order valence-electron chi connectivity index (χ3n) is 7.40. The summed E-state index contributed by atoms with van der Waals surface area (Å²) in [6, 6.07) is 0. The molecule has 0 aromatic heterocycles. The van der Waals surface area contributed by atoms with Gasteiger partial charge in [0.25, 0.3) is 0 Å². The van der Waals surface area contributed by atoms with Gasteiger partial charge < -0.3 is 4.74 Å². The van der Waals surface area contributed by atoms with Crippen LogP contribution in [0.25, 0.3) is 0 Å². The number of carbonyl (C=O) groups is 2. The number of ketones is 2. The number of ether oxygens (including phenoxy) is 1. The first-order valence-electron chi connectivity index (χ1n) is 11.1. The number of carbonyl (C=O) groups excluding carboxylic acids is 2. The molecule has 1 saturated carbocycles. The van der Waals surface area contributed by atoms with Gasteiger partial charge in [-0.2, -0.15) is 0 Å². The van der Waals surface area contributed by atoms with E-state index in [1.54, 1.807) is 13.2 Å². The predicted octanol–water partition coefficient (Wildman–Crippen LogP) is 6.76. The summed E-state index contributed by atoms with van der Waals surface area (Å²) in [4.78, 5) is 27.8. The number of Topliss-reactive ketones (excluding diaryl/α,β-unsaturated/α-hetero) is 1. The van der Waals surface area contributed by atoms with Crippen LogP contribution in [0, 0.1) is 22.2 Å². The Morgan fingerprint density at radius 2 is 1.50 bits per heavy atom. The maximum Gasteiger partial charge on any atom is 0.172 e. The van der Waals surface area contributed by atoms with Crippen LogP contribution in [0.4, 0.5) is 0 Å². The van der Waals surface area contributed by atoms with Gasteiger partial charge >= 0.3 is 0 Å². The van der Waals surface area contributed by atoms with Crippen molar-refractivity contribution in [2.75, 3.05) is 7.11 Å². The molecule has 0 N–H and O–H groups in total. The van der Waals surface area contributed by atoms with Gasteiger partial charge in [0.05, 0.1) is 17.9 Å². The van der Waals surface area contributed by atoms with Crippen molar-refractivity contribution >= 4 is 11.6 Å². The Labute approximate surface area is 183 Å². The Balaban J connectivity index is 2.82. The molecule has 0 saturated heterocycles. The SMILES string of the molecule is COC1=CC(=O)[C@@]2(CC=C(C)C)C[C@H](CC=C(C)C)C(C)(C)[C@]1(CC=C(C)C)C2=O. The normalized spacial score (nSPS) is 29.6. The van der Waals surface area contributed by atoms with Crippen LogP contribution in [0.2, 0.25) is 0 Å². The summed E-state index contributed by atoms with van der Waals surface area (Å²) in [5, 5.41) is 0. The van der Waals surface area contributed by atoms with Gasteiger partial charge in [-0.25, -0.2) is 0 Å². The second-order valence-electron chi connectivity index (χ2n) is 10.5. The highest BCUT2D eigenvalue weighted by Crippen LogP contribution is 2.66. The van der Waals surface area contributed by atoms with Crippen LogP contribution < -0.4 is 0 Å². The molecule has 0 amide bonds. The van der Waals surface area contributed by atoms with Crippen LogP contribution in [-0.2, 0) is 14.3 Å². The summed E-state index contributed by atoms with van der Waals surface area (Å²) in [6.45, 7) is 16.7. The minimum Gasteiger partial charge on any atom is -0.500 e. The molecule has 0 radical (unpaired) electrons. The maximum absolute atomic E-state index is 14.3. The van der Waals surface area contributed by atoms with Crippen molar-refractivity contribution in [3.05, 3.63) is 46.8 Å². The molecule has 0 unspecified atom stereocenters. The first-order chi connectivity index (χ1) is 13.8. The number of methoxy groups -OCH3 is 1. The molecule has 2 aliphatic carbocycles. The Bertz CT molecular complexity index is 824. The number of fused-ring (bicyclic) bond motifs is 2. The first-order valence-corrected chi connectivity index (χ1v) is 11.1. The molecular formula is C27H40O3. The lowest BCUT2D eigenvalue weighted by molar-refractivity contribution is -0.169. The van der Waals surface area contributed by atoms with Crippen LogP contribution in [-0.4, -0.2) is 18.7 Å². The fourth-order valence-electron chi connectivity index (χ4n) is 5.30. The van der Waals surface area contributed by atoms with Gasteiger partial charge in [-0.05, 0) is 78.6 Å². The lowest BCUT2D eigenvalue weighted by atomic mass is 9.41. The van der Waals surface area contributed by atoms with E-state index in [4.69, 9.17) is 4.74 Å². The monoisotopic (exact) mass is 412 g/mol. The van der Waals surface area contributed by atoms with Gasteiger partial charge in [0.2, 0.25) is 0 Å². The van der Waals surface area contributed by atoms with Crippen LogP contribution in [0.15, 0.2) is 46.8 Å². The standard InChI is InChI=1S/C27H40O3/c1-18(2)10-11-21-17-26(14-12-19(3)4)22(28)16-23(30-9)27(24(26)29,25(21,7)8)15-13-20(5)6/h10,12-13,16,21H,11,14-15,17H2,1-9H3/t21-,26+,27-/m0/s1. The number of allylic oxidation sites excluding steroid dienone is 8. The van der Waals surface area contributed by atoms with Crippen molar-refractivity contribution in [1.82, 2.24) is 0 Å².